The standard InChI is InChI=1S/C12H15Cl2NO2/c1-2-3-6-17-12(16)15-8-9-4-5-10(13)7-11(9)14/h4-5,7H,2-3,6,8H2,1H3,(H,15,16). The van der Waals surface area contributed by atoms with Gasteiger partial charge in [0.05, 0.1) is 6.61 Å². The van der Waals surface area contributed by atoms with Crippen LogP contribution >= 0.6 is 23.2 Å². The molecule has 0 radical (unpaired) electrons. The molecule has 1 aromatic carbocycles. The molecule has 17 heavy (non-hydrogen) atoms. The SMILES string of the molecule is CCCCOC(=O)NCc1ccc(Cl)cc1Cl. The van der Waals surface area contributed by atoms with Crippen molar-refractivity contribution in [3.8, 4) is 0 Å². The third-order valence-corrected chi connectivity index (χ3v) is 2.76. The molecule has 0 aromatic heterocycles. The fourth-order valence-corrected chi connectivity index (χ4v) is 1.67. The average molecular weight is 276 g/mol. The molecule has 0 saturated heterocycles. The normalized spacial score (nSPS) is 10.1. The van der Waals surface area contributed by atoms with Crippen LogP contribution in [0.5, 0.6) is 0 Å². The number of benzene rings is 1. The summed E-state index contributed by atoms with van der Waals surface area (Å²) in [6.07, 6.45) is 1.44. The molecule has 0 fully saturated rings. The van der Waals surface area contributed by atoms with Gasteiger partial charge in [-0.2, -0.15) is 0 Å². The maximum Gasteiger partial charge on any atom is 0.407 e. The van der Waals surface area contributed by atoms with Crippen molar-refractivity contribution in [2.45, 2.75) is 26.3 Å². The Balaban J connectivity index is 2.37. The summed E-state index contributed by atoms with van der Waals surface area (Å²) in [7, 11) is 0. The van der Waals surface area contributed by atoms with Gasteiger partial charge < -0.3 is 10.1 Å². The summed E-state index contributed by atoms with van der Waals surface area (Å²) in [5.74, 6) is 0. The summed E-state index contributed by atoms with van der Waals surface area (Å²) in [6, 6.07) is 5.15. The molecule has 0 aliphatic carbocycles. The van der Waals surface area contributed by atoms with Crippen molar-refractivity contribution in [3.63, 3.8) is 0 Å². The maximum absolute atomic E-state index is 11.3. The lowest BCUT2D eigenvalue weighted by atomic mass is 10.2. The number of halogens is 2. The smallest absolute Gasteiger partial charge is 0.407 e. The first-order valence-corrected chi connectivity index (χ1v) is 6.23. The van der Waals surface area contributed by atoms with Gasteiger partial charge in [0.15, 0.2) is 0 Å². The summed E-state index contributed by atoms with van der Waals surface area (Å²) in [6.45, 7) is 2.81. The van der Waals surface area contributed by atoms with Gasteiger partial charge in [-0.1, -0.05) is 42.6 Å². The molecule has 0 aliphatic rings. The largest absolute Gasteiger partial charge is 0.450 e. The highest BCUT2D eigenvalue weighted by Gasteiger charge is 2.04. The predicted molar refractivity (Wildman–Crippen MR) is 69.6 cm³/mol. The van der Waals surface area contributed by atoms with Gasteiger partial charge in [-0.3, -0.25) is 0 Å². The van der Waals surface area contributed by atoms with Gasteiger partial charge >= 0.3 is 6.09 Å². The fraction of sp³-hybridized carbons (Fsp3) is 0.417. The number of hydrogen-bond acceptors (Lipinski definition) is 2. The molecule has 94 valence electrons. The van der Waals surface area contributed by atoms with Gasteiger partial charge in [-0.15, -0.1) is 0 Å². The van der Waals surface area contributed by atoms with Gasteiger partial charge in [0.1, 0.15) is 0 Å². The van der Waals surface area contributed by atoms with Crippen LogP contribution in [0.4, 0.5) is 4.79 Å². The highest BCUT2D eigenvalue weighted by Crippen LogP contribution is 2.20. The molecule has 0 unspecified atom stereocenters. The van der Waals surface area contributed by atoms with Gasteiger partial charge in [0, 0.05) is 16.6 Å². The molecule has 1 rings (SSSR count). The molecule has 5 heteroatoms. The number of hydrogen-bond donors (Lipinski definition) is 1. The maximum atomic E-state index is 11.3. The van der Waals surface area contributed by atoms with E-state index in [0.717, 1.165) is 18.4 Å². The number of carbonyl (C=O) groups is 1. The Morgan fingerprint density at radius 2 is 2.18 bits per heavy atom. The fourth-order valence-electron chi connectivity index (χ4n) is 1.19. The van der Waals surface area contributed by atoms with Crippen LogP contribution in [0.3, 0.4) is 0 Å². The van der Waals surface area contributed by atoms with Crippen LogP contribution in [0.15, 0.2) is 18.2 Å². The van der Waals surface area contributed by atoms with E-state index < -0.39 is 6.09 Å². The number of nitrogens with one attached hydrogen (secondary N) is 1. The second-order valence-corrected chi connectivity index (χ2v) is 4.42. The van der Waals surface area contributed by atoms with Gasteiger partial charge in [-0.05, 0) is 24.1 Å². The molecule has 0 spiro atoms. The quantitative estimate of drug-likeness (QED) is 0.825. The topological polar surface area (TPSA) is 38.3 Å². The molecule has 0 heterocycles. The summed E-state index contributed by atoms with van der Waals surface area (Å²) < 4.78 is 4.95. The Kier molecular flexibility index (Phi) is 6.16. The summed E-state index contributed by atoms with van der Waals surface area (Å²) in [5, 5.41) is 3.74. The molecule has 0 saturated carbocycles. The van der Waals surface area contributed by atoms with E-state index in [-0.39, 0.29) is 0 Å². The third-order valence-electron chi connectivity index (χ3n) is 2.17. The van der Waals surface area contributed by atoms with Crippen LogP contribution in [0.2, 0.25) is 10.0 Å². The number of alkyl carbamates (subject to hydrolysis) is 1. The second-order valence-electron chi connectivity index (χ2n) is 3.58. The Hall–Kier alpha value is -0.930. The van der Waals surface area contributed by atoms with Crippen molar-refractivity contribution in [1.82, 2.24) is 5.32 Å². The van der Waals surface area contributed by atoms with E-state index >= 15 is 0 Å². The lowest BCUT2D eigenvalue weighted by Crippen LogP contribution is -2.24. The van der Waals surface area contributed by atoms with E-state index in [0.29, 0.717) is 23.2 Å². The number of rotatable bonds is 5. The van der Waals surface area contributed by atoms with Crippen molar-refractivity contribution in [2.24, 2.45) is 0 Å². The molecule has 0 bridgehead atoms. The van der Waals surface area contributed by atoms with Crippen molar-refractivity contribution in [3.05, 3.63) is 33.8 Å². The van der Waals surface area contributed by atoms with Crippen LogP contribution < -0.4 is 5.32 Å². The highest BCUT2D eigenvalue weighted by molar-refractivity contribution is 6.35. The zero-order valence-electron chi connectivity index (χ0n) is 9.63. The predicted octanol–water partition coefficient (Wildman–Crippen LogP) is 4.02. The van der Waals surface area contributed by atoms with Crippen molar-refractivity contribution in [1.29, 1.82) is 0 Å². The first-order valence-electron chi connectivity index (χ1n) is 5.48. The first-order chi connectivity index (χ1) is 8.13. The first kappa shape index (κ1) is 14.1. The van der Waals surface area contributed by atoms with Crippen molar-refractivity contribution < 1.29 is 9.53 Å². The number of carbonyl (C=O) groups excluding carboxylic acids is 1. The molecular formula is C12H15Cl2NO2. The Labute approximate surface area is 111 Å². The van der Waals surface area contributed by atoms with E-state index in [2.05, 4.69) is 5.32 Å². The van der Waals surface area contributed by atoms with Gasteiger partial charge in [-0.25, -0.2) is 4.79 Å². The van der Waals surface area contributed by atoms with E-state index in [1.54, 1.807) is 18.2 Å². The van der Waals surface area contributed by atoms with Crippen LogP contribution in [0.25, 0.3) is 0 Å². The van der Waals surface area contributed by atoms with Crippen molar-refractivity contribution >= 4 is 29.3 Å². The van der Waals surface area contributed by atoms with Crippen molar-refractivity contribution in [2.75, 3.05) is 6.61 Å². The minimum Gasteiger partial charge on any atom is -0.450 e. The Bertz CT molecular complexity index is 383. The Morgan fingerprint density at radius 1 is 1.41 bits per heavy atom. The molecule has 1 amide bonds. The van der Waals surface area contributed by atoms with Crippen LogP contribution in [0, 0.1) is 0 Å². The van der Waals surface area contributed by atoms with Crippen LogP contribution in [-0.4, -0.2) is 12.7 Å². The Morgan fingerprint density at radius 3 is 2.82 bits per heavy atom. The van der Waals surface area contributed by atoms with E-state index in [4.69, 9.17) is 27.9 Å². The number of ether oxygens (including phenoxy) is 1. The monoisotopic (exact) mass is 275 g/mol. The minimum absolute atomic E-state index is 0.334. The van der Waals surface area contributed by atoms with Crippen LogP contribution in [0.1, 0.15) is 25.3 Å². The molecular weight excluding hydrogens is 261 g/mol. The van der Waals surface area contributed by atoms with Gasteiger partial charge in [0.25, 0.3) is 0 Å². The molecule has 3 nitrogen and oxygen atoms in total. The lowest BCUT2D eigenvalue weighted by molar-refractivity contribution is 0.144. The van der Waals surface area contributed by atoms with Crippen LogP contribution in [-0.2, 0) is 11.3 Å². The van der Waals surface area contributed by atoms with E-state index in [1.165, 1.54) is 0 Å². The molecule has 1 aromatic rings. The zero-order valence-corrected chi connectivity index (χ0v) is 11.1. The average Bonchev–Trinajstić information content (AvgIpc) is 2.28. The third kappa shape index (κ3) is 5.29. The number of amides is 1. The van der Waals surface area contributed by atoms with Gasteiger partial charge in [0.2, 0.25) is 0 Å². The summed E-state index contributed by atoms with van der Waals surface area (Å²) >= 11 is 11.7. The molecule has 1 N–H and O–H groups in total. The lowest BCUT2D eigenvalue weighted by Gasteiger charge is -2.08. The molecule has 0 atom stereocenters. The summed E-state index contributed by atoms with van der Waals surface area (Å²) in [4.78, 5) is 11.3. The summed E-state index contributed by atoms with van der Waals surface area (Å²) in [5.41, 5.74) is 0.809. The minimum atomic E-state index is -0.426. The van der Waals surface area contributed by atoms with E-state index in [1.807, 2.05) is 6.92 Å². The van der Waals surface area contributed by atoms with E-state index in [9.17, 15) is 4.79 Å². The zero-order chi connectivity index (χ0) is 12.7. The number of unbranched alkanes of at least 4 members (excludes halogenated alkanes) is 1. The second kappa shape index (κ2) is 7.41. The highest BCUT2D eigenvalue weighted by atomic mass is 35.5. The molecule has 0 aliphatic heterocycles.